The number of fused-ring (bicyclic) bond motifs is 1. The Morgan fingerprint density at radius 2 is 2.04 bits per heavy atom. The molecule has 2 aromatic rings. The number of likely N-dealkylation sites (tertiary alicyclic amines) is 1. The summed E-state index contributed by atoms with van der Waals surface area (Å²) in [6, 6.07) is 4.73. The van der Waals surface area contributed by atoms with Crippen molar-refractivity contribution in [2.75, 3.05) is 37.6 Å². The largest absolute Gasteiger partial charge is 0.422 e. The molecule has 2 aliphatic rings. The molecule has 2 aromatic heterocycles. The van der Waals surface area contributed by atoms with Crippen LogP contribution in [0.1, 0.15) is 19.0 Å². The fourth-order valence-corrected chi connectivity index (χ4v) is 3.14. The van der Waals surface area contributed by atoms with Crippen molar-refractivity contribution in [2.45, 2.75) is 26.3 Å². The van der Waals surface area contributed by atoms with E-state index in [0.29, 0.717) is 23.8 Å². The van der Waals surface area contributed by atoms with Gasteiger partial charge in [0.1, 0.15) is 0 Å². The van der Waals surface area contributed by atoms with E-state index < -0.39 is 0 Å². The summed E-state index contributed by atoms with van der Waals surface area (Å²) >= 11 is 0. The van der Waals surface area contributed by atoms with Crippen molar-refractivity contribution < 1.29 is 9.21 Å². The number of hydrogen-bond acceptors (Lipinski definition) is 5. The third-order valence-electron chi connectivity index (χ3n) is 4.65. The van der Waals surface area contributed by atoms with E-state index in [1.54, 1.807) is 0 Å². The van der Waals surface area contributed by atoms with Crippen LogP contribution in [0.15, 0.2) is 16.5 Å². The predicted molar refractivity (Wildman–Crippen MR) is 86.5 cm³/mol. The topological polar surface area (TPSA) is 65.7 Å². The number of carbonyl (C=O) groups excluding carboxylic acids is 1. The van der Waals surface area contributed by atoms with Gasteiger partial charge in [-0.3, -0.25) is 0 Å². The molecule has 0 saturated carbocycles. The smallest absolute Gasteiger partial charge is 0.320 e. The van der Waals surface area contributed by atoms with Gasteiger partial charge < -0.3 is 19.1 Å². The zero-order valence-electron chi connectivity index (χ0n) is 13.5. The molecule has 1 atom stereocenters. The van der Waals surface area contributed by atoms with Crippen LogP contribution in [0.4, 0.5) is 10.8 Å². The molecule has 1 unspecified atom stereocenters. The summed E-state index contributed by atoms with van der Waals surface area (Å²) in [5, 5.41) is 0. The monoisotopic (exact) mass is 315 g/mol. The Morgan fingerprint density at radius 3 is 2.74 bits per heavy atom. The first-order valence-electron chi connectivity index (χ1n) is 8.16. The Bertz CT molecular complexity index is 739. The fourth-order valence-electron chi connectivity index (χ4n) is 3.14. The maximum atomic E-state index is 12.4. The van der Waals surface area contributed by atoms with Gasteiger partial charge in [-0.15, -0.1) is 0 Å². The van der Waals surface area contributed by atoms with Crippen molar-refractivity contribution >= 4 is 23.3 Å². The first-order chi connectivity index (χ1) is 11.1. The summed E-state index contributed by atoms with van der Waals surface area (Å²) in [6.07, 6.45) is 1.12. The Morgan fingerprint density at radius 1 is 1.22 bits per heavy atom. The van der Waals surface area contributed by atoms with Gasteiger partial charge in [0.2, 0.25) is 5.65 Å². The summed E-state index contributed by atoms with van der Waals surface area (Å²) in [5.41, 5.74) is 2.28. The fraction of sp³-hybridized carbons (Fsp3) is 0.562. The van der Waals surface area contributed by atoms with Crippen LogP contribution in [0.2, 0.25) is 0 Å². The van der Waals surface area contributed by atoms with Gasteiger partial charge in [0.05, 0.1) is 0 Å². The highest BCUT2D eigenvalue weighted by Gasteiger charge is 2.33. The number of pyridine rings is 1. The molecule has 7 heteroatoms. The van der Waals surface area contributed by atoms with Crippen LogP contribution in [0.25, 0.3) is 11.2 Å². The number of urea groups is 1. The molecular weight excluding hydrogens is 294 g/mol. The molecule has 0 radical (unpaired) electrons. The van der Waals surface area contributed by atoms with Crippen LogP contribution < -0.4 is 4.90 Å². The van der Waals surface area contributed by atoms with E-state index in [4.69, 9.17) is 4.42 Å². The van der Waals surface area contributed by atoms with Gasteiger partial charge in [-0.05, 0) is 32.4 Å². The molecule has 2 fully saturated rings. The molecule has 2 saturated heterocycles. The molecule has 0 bridgehead atoms. The predicted octanol–water partition coefficient (Wildman–Crippen LogP) is 1.87. The molecular formula is C16H21N5O2. The third kappa shape index (κ3) is 2.50. The van der Waals surface area contributed by atoms with Gasteiger partial charge in [-0.25, -0.2) is 9.78 Å². The minimum Gasteiger partial charge on any atom is -0.422 e. The third-order valence-corrected chi connectivity index (χ3v) is 4.65. The van der Waals surface area contributed by atoms with Crippen LogP contribution in [0.5, 0.6) is 0 Å². The van der Waals surface area contributed by atoms with Gasteiger partial charge in [0.25, 0.3) is 6.01 Å². The van der Waals surface area contributed by atoms with E-state index in [9.17, 15) is 4.79 Å². The van der Waals surface area contributed by atoms with E-state index in [2.05, 4.69) is 21.8 Å². The lowest BCUT2D eigenvalue weighted by Crippen LogP contribution is -2.59. The summed E-state index contributed by atoms with van der Waals surface area (Å²) in [5.74, 6) is 0. The number of aryl methyl sites for hydroxylation is 1. The van der Waals surface area contributed by atoms with E-state index in [1.807, 2.05) is 28.9 Å². The van der Waals surface area contributed by atoms with Crippen molar-refractivity contribution in [2.24, 2.45) is 0 Å². The molecule has 2 amide bonds. The highest BCUT2D eigenvalue weighted by Crippen LogP contribution is 2.24. The van der Waals surface area contributed by atoms with Crippen molar-refractivity contribution in [3.05, 3.63) is 17.8 Å². The first-order valence-corrected chi connectivity index (χ1v) is 8.16. The minimum absolute atomic E-state index is 0.140. The van der Waals surface area contributed by atoms with Crippen molar-refractivity contribution in [1.29, 1.82) is 0 Å². The summed E-state index contributed by atoms with van der Waals surface area (Å²) < 4.78 is 5.82. The number of hydrogen-bond donors (Lipinski definition) is 0. The van der Waals surface area contributed by atoms with E-state index in [0.717, 1.165) is 38.3 Å². The van der Waals surface area contributed by atoms with Gasteiger partial charge >= 0.3 is 6.03 Å². The van der Waals surface area contributed by atoms with Crippen molar-refractivity contribution in [3.63, 3.8) is 0 Å². The van der Waals surface area contributed by atoms with Crippen molar-refractivity contribution in [1.82, 2.24) is 19.8 Å². The number of oxazole rings is 1. The Hall–Kier alpha value is -2.31. The second-order valence-electron chi connectivity index (χ2n) is 6.38. The molecule has 4 heterocycles. The Balaban J connectivity index is 1.49. The number of aromatic nitrogens is 2. The van der Waals surface area contributed by atoms with E-state index in [-0.39, 0.29) is 12.1 Å². The highest BCUT2D eigenvalue weighted by atomic mass is 16.4. The number of amides is 2. The van der Waals surface area contributed by atoms with Gasteiger partial charge in [-0.2, -0.15) is 4.98 Å². The summed E-state index contributed by atoms with van der Waals surface area (Å²) in [6.45, 7) is 7.96. The average Bonchev–Trinajstić information content (AvgIpc) is 2.88. The molecule has 23 heavy (non-hydrogen) atoms. The van der Waals surface area contributed by atoms with Crippen LogP contribution >= 0.6 is 0 Å². The second kappa shape index (κ2) is 5.40. The molecule has 2 aliphatic heterocycles. The molecule has 0 N–H and O–H groups in total. The molecule has 4 rings (SSSR count). The van der Waals surface area contributed by atoms with Gasteiger partial charge in [0, 0.05) is 44.5 Å². The van der Waals surface area contributed by atoms with Gasteiger partial charge in [-0.1, -0.05) is 0 Å². The van der Waals surface area contributed by atoms with E-state index in [1.165, 1.54) is 0 Å². The first kappa shape index (κ1) is 14.3. The van der Waals surface area contributed by atoms with Crippen LogP contribution in [-0.2, 0) is 0 Å². The van der Waals surface area contributed by atoms with Crippen molar-refractivity contribution in [3.8, 4) is 0 Å². The van der Waals surface area contributed by atoms with Crippen LogP contribution in [0, 0.1) is 6.92 Å². The minimum atomic E-state index is 0.140. The molecule has 0 aliphatic carbocycles. The zero-order valence-corrected chi connectivity index (χ0v) is 13.5. The molecule has 7 nitrogen and oxygen atoms in total. The highest BCUT2D eigenvalue weighted by molar-refractivity contribution is 5.76. The lowest BCUT2D eigenvalue weighted by atomic mass is 10.2. The Labute approximate surface area is 134 Å². The summed E-state index contributed by atoms with van der Waals surface area (Å²) in [4.78, 5) is 27.3. The van der Waals surface area contributed by atoms with Crippen LogP contribution in [-0.4, -0.2) is 64.6 Å². The maximum absolute atomic E-state index is 12.4. The number of carbonyl (C=O) groups is 1. The summed E-state index contributed by atoms with van der Waals surface area (Å²) in [7, 11) is 0. The number of anilines is 1. The standard InChI is InChI=1S/C16H21N5O2/c1-11-4-5-13-14(17-11)18-15(23-13)20-8-9-21(12(2)10-20)16(22)19-6-3-7-19/h4-5,12H,3,6-10H2,1-2H3. The zero-order chi connectivity index (χ0) is 16.0. The number of rotatable bonds is 1. The second-order valence-corrected chi connectivity index (χ2v) is 6.38. The quantitative estimate of drug-likeness (QED) is 0.804. The normalized spacial score (nSPS) is 21.7. The molecule has 0 aromatic carbocycles. The van der Waals surface area contributed by atoms with E-state index >= 15 is 0 Å². The SMILES string of the molecule is Cc1ccc2oc(N3CCN(C(=O)N4CCC4)C(C)C3)nc2n1. The number of piperazine rings is 1. The lowest BCUT2D eigenvalue weighted by Gasteiger charge is -2.43. The average molecular weight is 315 g/mol. The number of nitrogens with zero attached hydrogens (tertiary/aromatic N) is 5. The molecule has 0 spiro atoms. The van der Waals surface area contributed by atoms with Crippen LogP contribution in [0.3, 0.4) is 0 Å². The van der Waals surface area contributed by atoms with Gasteiger partial charge in [0.15, 0.2) is 5.58 Å². The lowest BCUT2D eigenvalue weighted by molar-refractivity contribution is 0.108. The maximum Gasteiger partial charge on any atom is 0.320 e. The Kier molecular flexibility index (Phi) is 3.36. The molecule has 122 valence electrons.